The number of alkyl halides is 2. The second-order valence-corrected chi connectivity index (χ2v) is 6.40. The second-order valence-electron chi connectivity index (χ2n) is 6.40. The Morgan fingerprint density at radius 2 is 1.79 bits per heavy atom. The highest BCUT2D eigenvalue weighted by molar-refractivity contribution is 6.02. The summed E-state index contributed by atoms with van der Waals surface area (Å²) in [6, 6.07) is 8.25. The summed E-state index contributed by atoms with van der Waals surface area (Å²) in [7, 11) is 2.42. The largest absolute Gasteiger partial charge is 0.493 e. The number of aryl methyl sites for hydroxylation is 3. The van der Waals surface area contributed by atoms with Crippen molar-refractivity contribution in [1.82, 2.24) is 0 Å². The van der Waals surface area contributed by atoms with Gasteiger partial charge < -0.3 is 19.5 Å². The maximum Gasteiger partial charge on any atom is 0.387 e. The predicted octanol–water partition coefficient (Wildman–Crippen LogP) is 4.27. The molecule has 0 atom stereocenters. The average Bonchev–Trinajstić information content (AvgIpc) is 2.66. The van der Waals surface area contributed by atoms with Crippen molar-refractivity contribution in [2.24, 2.45) is 0 Å². The Balaban J connectivity index is 2.23. The van der Waals surface area contributed by atoms with Gasteiger partial charge in [0.15, 0.2) is 11.5 Å². The predicted molar refractivity (Wildman–Crippen MR) is 104 cm³/mol. The van der Waals surface area contributed by atoms with Crippen LogP contribution in [0.2, 0.25) is 0 Å². The average molecular weight is 407 g/mol. The van der Waals surface area contributed by atoms with Gasteiger partial charge in [0, 0.05) is 18.6 Å². The molecule has 0 unspecified atom stereocenters. The van der Waals surface area contributed by atoms with Crippen LogP contribution >= 0.6 is 0 Å². The number of ether oxygens (including phenoxy) is 3. The molecule has 0 heterocycles. The van der Waals surface area contributed by atoms with Gasteiger partial charge in [-0.3, -0.25) is 4.79 Å². The summed E-state index contributed by atoms with van der Waals surface area (Å²) in [5.41, 5.74) is 3.19. The number of carbonyl (C=O) groups excluding carboxylic acids is 2. The van der Waals surface area contributed by atoms with Gasteiger partial charge in [-0.05, 0) is 31.4 Å². The normalized spacial score (nSPS) is 10.6. The fourth-order valence-electron chi connectivity index (χ4n) is 2.88. The van der Waals surface area contributed by atoms with Crippen LogP contribution in [0.5, 0.6) is 11.5 Å². The zero-order valence-corrected chi connectivity index (χ0v) is 16.7. The summed E-state index contributed by atoms with van der Waals surface area (Å²) in [6.07, 6.45) is 0.629. The van der Waals surface area contributed by atoms with Crippen molar-refractivity contribution in [1.29, 1.82) is 0 Å². The SMILES string of the molecule is COC(=O)c1cc(OC)c(OC(F)F)cc1NC(=O)CCc1ccc(C)cc1C. The lowest BCUT2D eigenvalue weighted by atomic mass is 10.0. The zero-order valence-electron chi connectivity index (χ0n) is 16.7. The van der Waals surface area contributed by atoms with E-state index in [4.69, 9.17) is 9.47 Å². The highest BCUT2D eigenvalue weighted by Crippen LogP contribution is 2.35. The molecule has 156 valence electrons. The Bertz CT molecular complexity index is 899. The maximum absolute atomic E-state index is 12.7. The van der Waals surface area contributed by atoms with E-state index in [1.54, 1.807) is 0 Å². The number of hydrogen-bond acceptors (Lipinski definition) is 5. The fraction of sp³-hybridized carbons (Fsp3) is 0.333. The van der Waals surface area contributed by atoms with Gasteiger partial charge >= 0.3 is 12.6 Å². The smallest absolute Gasteiger partial charge is 0.387 e. The quantitative estimate of drug-likeness (QED) is 0.662. The van der Waals surface area contributed by atoms with Crippen LogP contribution in [0.3, 0.4) is 0 Å². The van der Waals surface area contributed by atoms with Gasteiger partial charge in [0.1, 0.15) is 0 Å². The molecule has 0 saturated heterocycles. The van der Waals surface area contributed by atoms with Crippen LogP contribution in [-0.4, -0.2) is 32.7 Å². The number of nitrogens with one attached hydrogen (secondary N) is 1. The number of halogens is 2. The molecule has 0 aliphatic carbocycles. The molecule has 0 spiro atoms. The summed E-state index contributed by atoms with van der Waals surface area (Å²) in [4.78, 5) is 24.5. The summed E-state index contributed by atoms with van der Waals surface area (Å²) in [6.45, 7) is 0.856. The van der Waals surface area contributed by atoms with E-state index in [1.165, 1.54) is 20.3 Å². The first kappa shape index (κ1) is 22.1. The molecule has 2 aromatic carbocycles. The molecule has 8 heteroatoms. The third-order valence-corrected chi connectivity index (χ3v) is 4.32. The van der Waals surface area contributed by atoms with Gasteiger partial charge in [-0.25, -0.2) is 4.79 Å². The van der Waals surface area contributed by atoms with Crippen molar-refractivity contribution in [3.63, 3.8) is 0 Å². The fourth-order valence-corrected chi connectivity index (χ4v) is 2.88. The molecule has 1 amide bonds. The molecular weight excluding hydrogens is 384 g/mol. The Morgan fingerprint density at radius 1 is 1.07 bits per heavy atom. The van der Waals surface area contributed by atoms with Crippen molar-refractivity contribution in [3.05, 3.63) is 52.6 Å². The van der Waals surface area contributed by atoms with E-state index in [2.05, 4.69) is 10.1 Å². The van der Waals surface area contributed by atoms with E-state index in [1.807, 2.05) is 32.0 Å². The number of amides is 1. The van der Waals surface area contributed by atoms with Gasteiger partial charge in [0.25, 0.3) is 0 Å². The van der Waals surface area contributed by atoms with Crippen LogP contribution < -0.4 is 14.8 Å². The lowest BCUT2D eigenvalue weighted by Gasteiger charge is -2.16. The molecule has 1 N–H and O–H groups in total. The molecule has 0 radical (unpaired) electrons. The number of rotatable bonds is 8. The third-order valence-electron chi connectivity index (χ3n) is 4.32. The Morgan fingerprint density at radius 3 is 2.38 bits per heavy atom. The van der Waals surface area contributed by atoms with E-state index < -0.39 is 12.6 Å². The van der Waals surface area contributed by atoms with Crippen molar-refractivity contribution in [2.45, 2.75) is 33.3 Å². The topological polar surface area (TPSA) is 73.9 Å². The van der Waals surface area contributed by atoms with Crippen LogP contribution in [0.15, 0.2) is 30.3 Å². The van der Waals surface area contributed by atoms with Crippen LogP contribution in [0.25, 0.3) is 0 Å². The van der Waals surface area contributed by atoms with Gasteiger partial charge in [-0.2, -0.15) is 8.78 Å². The van der Waals surface area contributed by atoms with E-state index in [0.29, 0.717) is 6.42 Å². The number of hydrogen-bond donors (Lipinski definition) is 1. The monoisotopic (exact) mass is 407 g/mol. The molecule has 0 fully saturated rings. The molecule has 2 rings (SSSR count). The molecule has 6 nitrogen and oxygen atoms in total. The van der Waals surface area contributed by atoms with E-state index in [-0.39, 0.29) is 35.1 Å². The lowest BCUT2D eigenvalue weighted by Crippen LogP contribution is -2.17. The Hall–Kier alpha value is -3.16. The number of anilines is 1. The summed E-state index contributed by atoms with van der Waals surface area (Å²) in [5.74, 6) is -1.53. The van der Waals surface area contributed by atoms with Gasteiger partial charge in [0.05, 0.1) is 25.5 Å². The molecule has 2 aromatic rings. The first-order valence-corrected chi connectivity index (χ1v) is 8.86. The highest BCUT2D eigenvalue weighted by atomic mass is 19.3. The Labute approximate surface area is 167 Å². The van der Waals surface area contributed by atoms with Crippen molar-refractivity contribution in [3.8, 4) is 11.5 Å². The zero-order chi connectivity index (χ0) is 21.6. The van der Waals surface area contributed by atoms with Crippen LogP contribution in [0.4, 0.5) is 14.5 Å². The number of benzene rings is 2. The molecule has 0 saturated carbocycles. The van der Waals surface area contributed by atoms with Crippen molar-refractivity contribution < 1.29 is 32.6 Å². The standard InChI is InChI=1S/C21H23F2NO5/c1-12-5-6-14(13(2)9-12)7-8-19(25)24-16-11-18(29-21(22)23)17(27-3)10-15(16)20(26)28-4/h5-6,9-11,21H,7-8H2,1-4H3,(H,24,25). The number of esters is 1. The summed E-state index contributed by atoms with van der Waals surface area (Å²) >= 11 is 0. The minimum atomic E-state index is -3.10. The molecular formula is C21H23F2NO5. The van der Waals surface area contributed by atoms with Crippen molar-refractivity contribution in [2.75, 3.05) is 19.5 Å². The van der Waals surface area contributed by atoms with Crippen molar-refractivity contribution >= 4 is 17.6 Å². The molecule has 0 aromatic heterocycles. The molecule has 0 aliphatic rings. The van der Waals surface area contributed by atoms with E-state index in [0.717, 1.165) is 22.8 Å². The van der Waals surface area contributed by atoms with Crippen LogP contribution in [0.1, 0.15) is 33.5 Å². The van der Waals surface area contributed by atoms with Crippen LogP contribution in [0, 0.1) is 13.8 Å². The molecule has 0 bridgehead atoms. The summed E-state index contributed by atoms with van der Waals surface area (Å²) in [5, 5.41) is 2.57. The molecule has 29 heavy (non-hydrogen) atoms. The second kappa shape index (κ2) is 9.86. The summed E-state index contributed by atoms with van der Waals surface area (Å²) < 4.78 is 39.5. The van der Waals surface area contributed by atoms with Gasteiger partial charge in [0.2, 0.25) is 5.91 Å². The lowest BCUT2D eigenvalue weighted by molar-refractivity contribution is -0.116. The minimum Gasteiger partial charge on any atom is -0.493 e. The minimum absolute atomic E-state index is 0.000993. The number of methoxy groups -OCH3 is 2. The maximum atomic E-state index is 12.7. The Kier molecular flexibility index (Phi) is 7.52. The number of carbonyl (C=O) groups is 2. The molecule has 0 aliphatic heterocycles. The van der Waals surface area contributed by atoms with Gasteiger partial charge in [-0.15, -0.1) is 0 Å². The first-order chi connectivity index (χ1) is 13.7. The first-order valence-electron chi connectivity index (χ1n) is 8.86. The third kappa shape index (κ3) is 5.91. The van der Waals surface area contributed by atoms with Crippen LogP contribution in [-0.2, 0) is 16.0 Å². The van der Waals surface area contributed by atoms with E-state index in [9.17, 15) is 18.4 Å². The van der Waals surface area contributed by atoms with Gasteiger partial charge in [-0.1, -0.05) is 23.8 Å². The highest BCUT2D eigenvalue weighted by Gasteiger charge is 2.21. The van der Waals surface area contributed by atoms with E-state index >= 15 is 0 Å².